The molecule has 1 aromatic carbocycles. The molecule has 1 rings (SSSR count). The van der Waals surface area contributed by atoms with E-state index in [4.69, 9.17) is 16.9 Å². The van der Waals surface area contributed by atoms with Crippen LogP contribution in [0.3, 0.4) is 0 Å². The number of nitrogens with one attached hydrogen (secondary N) is 1. The van der Waals surface area contributed by atoms with E-state index in [-0.39, 0.29) is 5.84 Å². The van der Waals surface area contributed by atoms with E-state index in [1.54, 1.807) is 0 Å². The molecule has 0 atom stereocenters. The third-order valence-corrected chi connectivity index (χ3v) is 1.87. The molecule has 0 bridgehead atoms. The molecule has 0 aliphatic heterocycles. The molecule has 0 aliphatic carbocycles. The van der Waals surface area contributed by atoms with Gasteiger partial charge in [-0.2, -0.15) is 0 Å². The summed E-state index contributed by atoms with van der Waals surface area (Å²) in [6.07, 6.45) is 4.92. The van der Waals surface area contributed by atoms with Gasteiger partial charge in [0.25, 0.3) is 0 Å². The van der Waals surface area contributed by atoms with Gasteiger partial charge in [0.1, 0.15) is 5.84 Å². The first-order valence-corrected chi connectivity index (χ1v) is 4.55. The van der Waals surface area contributed by atoms with Gasteiger partial charge in [-0.3, -0.25) is 5.41 Å². The number of nitrogens with two attached hydrogens (primary N) is 2. The van der Waals surface area contributed by atoms with Crippen LogP contribution >= 0.6 is 0 Å². The van der Waals surface area contributed by atoms with Crippen molar-refractivity contribution in [2.45, 2.75) is 6.42 Å². The fourth-order valence-corrected chi connectivity index (χ4v) is 1.09. The third kappa shape index (κ3) is 3.03. The van der Waals surface area contributed by atoms with Gasteiger partial charge in [0.05, 0.1) is 0 Å². The van der Waals surface area contributed by atoms with Crippen LogP contribution in [-0.4, -0.2) is 12.4 Å². The van der Waals surface area contributed by atoms with E-state index in [1.165, 1.54) is 0 Å². The maximum atomic E-state index is 7.22. The SMILES string of the molecule is N=C(N)c1ccc(C=CCCN)cc1. The maximum Gasteiger partial charge on any atom is 0.122 e. The maximum absolute atomic E-state index is 7.22. The molecule has 0 spiro atoms. The highest BCUT2D eigenvalue weighted by molar-refractivity contribution is 5.95. The van der Waals surface area contributed by atoms with Crippen molar-refractivity contribution >= 4 is 11.9 Å². The summed E-state index contributed by atoms with van der Waals surface area (Å²) in [6.45, 7) is 0.669. The Labute approximate surface area is 83.9 Å². The second kappa shape index (κ2) is 5.19. The van der Waals surface area contributed by atoms with Gasteiger partial charge in [0.15, 0.2) is 0 Å². The van der Waals surface area contributed by atoms with E-state index in [0.29, 0.717) is 6.54 Å². The second-order valence-electron chi connectivity index (χ2n) is 3.02. The summed E-state index contributed by atoms with van der Waals surface area (Å²) in [5.41, 5.74) is 12.5. The van der Waals surface area contributed by atoms with E-state index in [1.807, 2.05) is 36.4 Å². The van der Waals surface area contributed by atoms with Crippen molar-refractivity contribution in [2.24, 2.45) is 11.5 Å². The average molecular weight is 189 g/mol. The summed E-state index contributed by atoms with van der Waals surface area (Å²) >= 11 is 0. The van der Waals surface area contributed by atoms with Crippen molar-refractivity contribution in [3.63, 3.8) is 0 Å². The van der Waals surface area contributed by atoms with Gasteiger partial charge in [-0.25, -0.2) is 0 Å². The normalized spacial score (nSPS) is 10.6. The summed E-state index contributed by atoms with van der Waals surface area (Å²) in [6, 6.07) is 7.54. The van der Waals surface area contributed by atoms with E-state index in [2.05, 4.69) is 0 Å². The highest BCUT2D eigenvalue weighted by Crippen LogP contribution is 2.05. The zero-order valence-corrected chi connectivity index (χ0v) is 8.03. The summed E-state index contributed by atoms with van der Waals surface area (Å²) in [5.74, 6) is 0.0995. The van der Waals surface area contributed by atoms with E-state index in [9.17, 15) is 0 Å². The molecule has 0 unspecified atom stereocenters. The lowest BCUT2D eigenvalue weighted by atomic mass is 10.1. The lowest BCUT2D eigenvalue weighted by Gasteiger charge is -1.98. The van der Waals surface area contributed by atoms with Gasteiger partial charge in [-0.15, -0.1) is 0 Å². The number of benzene rings is 1. The summed E-state index contributed by atoms with van der Waals surface area (Å²) in [4.78, 5) is 0. The molecule has 0 aliphatic rings. The predicted molar refractivity (Wildman–Crippen MR) is 60.2 cm³/mol. The molecule has 0 saturated carbocycles. The van der Waals surface area contributed by atoms with E-state index >= 15 is 0 Å². The van der Waals surface area contributed by atoms with Crippen LogP contribution in [0.2, 0.25) is 0 Å². The second-order valence-corrected chi connectivity index (χ2v) is 3.02. The highest BCUT2D eigenvalue weighted by atomic mass is 14.7. The van der Waals surface area contributed by atoms with Crippen LogP contribution in [0.25, 0.3) is 6.08 Å². The van der Waals surface area contributed by atoms with Crippen molar-refractivity contribution < 1.29 is 0 Å². The van der Waals surface area contributed by atoms with Crippen molar-refractivity contribution in [1.82, 2.24) is 0 Å². The summed E-state index contributed by atoms with van der Waals surface area (Å²) in [5, 5.41) is 7.22. The molecule has 3 heteroatoms. The van der Waals surface area contributed by atoms with Crippen LogP contribution in [0.1, 0.15) is 17.5 Å². The number of hydrogen-bond donors (Lipinski definition) is 3. The Morgan fingerprint density at radius 3 is 2.43 bits per heavy atom. The van der Waals surface area contributed by atoms with E-state index < -0.39 is 0 Å². The van der Waals surface area contributed by atoms with Gasteiger partial charge in [0.2, 0.25) is 0 Å². The van der Waals surface area contributed by atoms with Gasteiger partial charge in [0, 0.05) is 5.56 Å². The molecule has 74 valence electrons. The molecular weight excluding hydrogens is 174 g/mol. The molecule has 0 aromatic heterocycles. The Morgan fingerprint density at radius 2 is 1.93 bits per heavy atom. The Morgan fingerprint density at radius 1 is 1.29 bits per heavy atom. The van der Waals surface area contributed by atoms with Crippen LogP contribution in [0.5, 0.6) is 0 Å². The molecular formula is C11H15N3. The van der Waals surface area contributed by atoms with Crippen molar-refractivity contribution in [1.29, 1.82) is 5.41 Å². The van der Waals surface area contributed by atoms with Gasteiger partial charge in [-0.05, 0) is 18.5 Å². The number of nitrogen functional groups attached to an aromatic ring is 1. The first kappa shape index (κ1) is 10.5. The van der Waals surface area contributed by atoms with E-state index in [0.717, 1.165) is 17.5 Å². The minimum atomic E-state index is 0.0995. The molecule has 0 amide bonds. The van der Waals surface area contributed by atoms with Gasteiger partial charge in [-0.1, -0.05) is 36.4 Å². The zero-order valence-electron chi connectivity index (χ0n) is 8.03. The molecule has 5 N–H and O–H groups in total. The largest absolute Gasteiger partial charge is 0.384 e. The monoisotopic (exact) mass is 189 g/mol. The number of hydrogen-bond acceptors (Lipinski definition) is 2. The lowest BCUT2D eigenvalue weighted by Crippen LogP contribution is -2.10. The molecule has 0 radical (unpaired) electrons. The highest BCUT2D eigenvalue weighted by Gasteiger charge is 1.93. The lowest BCUT2D eigenvalue weighted by molar-refractivity contribution is 1.01. The van der Waals surface area contributed by atoms with Crippen LogP contribution < -0.4 is 11.5 Å². The smallest absolute Gasteiger partial charge is 0.122 e. The fourth-order valence-electron chi connectivity index (χ4n) is 1.09. The Hall–Kier alpha value is -1.61. The molecule has 1 aromatic rings. The Kier molecular flexibility index (Phi) is 3.88. The van der Waals surface area contributed by atoms with Crippen LogP contribution in [-0.2, 0) is 0 Å². The quantitative estimate of drug-likeness (QED) is 0.493. The van der Waals surface area contributed by atoms with Crippen LogP contribution in [0, 0.1) is 5.41 Å². The predicted octanol–water partition coefficient (Wildman–Crippen LogP) is 1.33. The molecule has 0 saturated heterocycles. The van der Waals surface area contributed by atoms with Crippen molar-refractivity contribution in [2.75, 3.05) is 6.54 Å². The Balaban J connectivity index is 2.68. The minimum Gasteiger partial charge on any atom is -0.384 e. The first-order valence-electron chi connectivity index (χ1n) is 4.55. The summed E-state index contributed by atoms with van der Waals surface area (Å²) in [7, 11) is 0. The molecule has 0 fully saturated rings. The first-order chi connectivity index (χ1) is 6.74. The fraction of sp³-hybridized carbons (Fsp3) is 0.182. The van der Waals surface area contributed by atoms with Crippen LogP contribution in [0.4, 0.5) is 0 Å². The summed E-state index contributed by atoms with van der Waals surface area (Å²) < 4.78 is 0. The molecule has 14 heavy (non-hydrogen) atoms. The number of rotatable bonds is 4. The van der Waals surface area contributed by atoms with Gasteiger partial charge >= 0.3 is 0 Å². The standard InChI is InChI=1S/C11H15N3/c12-8-2-1-3-9-4-6-10(7-5-9)11(13)14/h1,3-7H,2,8,12H2,(H3,13,14). The zero-order chi connectivity index (χ0) is 10.4. The average Bonchev–Trinajstić information content (AvgIpc) is 2.19. The third-order valence-electron chi connectivity index (χ3n) is 1.87. The van der Waals surface area contributed by atoms with Crippen LogP contribution in [0.15, 0.2) is 30.3 Å². The molecule has 3 nitrogen and oxygen atoms in total. The minimum absolute atomic E-state index is 0.0995. The molecule has 0 heterocycles. The van der Waals surface area contributed by atoms with Crippen molar-refractivity contribution in [3.05, 3.63) is 41.5 Å². The Bertz CT molecular complexity index is 325. The topological polar surface area (TPSA) is 75.9 Å². The van der Waals surface area contributed by atoms with Gasteiger partial charge < -0.3 is 11.5 Å². The van der Waals surface area contributed by atoms with Crippen molar-refractivity contribution in [3.8, 4) is 0 Å². The number of amidine groups is 1.